The van der Waals surface area contributed by atoms with Crippen LogP contribution in [0.4, 0.5) is 0 Å². The average molecular weight is 410 g/mol. The van der Waals surface area contributed by atoms with Crippen LogP contribution in [-0.2, 0) is 33.3 Å². The number of fused-ring (bicyclic) bond motifs is 3. The first-order valence-corrected chi connectivity index (χ1v) is 10.1. The molecule has 2 bridgehead atoms. The second-order valence-corrected chi connectivity index (χ2v) is 9.03. The summed E-state index contributed by atoms with van der Waals surface area (Å²) in [6.45, 7) is 12.1. The van der Waals surface area contributed by atoms with Gasteiger partial charge in [0, 0.05) is 31.3 Å². The van der Waals surface area contributed by atoms with E-state index in [1.165, 1.54) is 6.92 Å². The minimum atomic E-state index is -1.56. The summed E-state index contributed by atoms with van der Waals surface area (Å²) >= 11 is 0. The Balaban J connectivity index is 2.03. The normalized spacial score (nSPS) is 41.8. The number of esters is 3. The van der Waals surface area contributed by atoms with Gasteiger partial charge in [0.05, 0.1) is 11.8 Å². The fraction of sp³-hybridized carbons (Fsp3) is 0.762. The second kappa shape index (κ2) is 7.40. The standard InChI is InChI=1S/C21H30O8/c1-10(2)18(23)28-15-8-20(6)16(26-13(5)22)9-21(25,29-20)11(3)7-14-17(15)12(4)19(24)27-14/h10-11,14-17,25H,4,7-9H2,1-3,5-6H3/t11-,14+,15+,16+,17+,20+,21-/m0/s1. The van der Waals surface area contributed by atoms with E-state index in [2.05, 4.69) is 6.58 Å². The van der Waals surface area contributed by atoms with E-state index in [4.69, 9.17) is 18.9 Å². The van der Waals surface area contributed by atoms with Crippen LogP contribution in [0.25, 0.3) is 0 Å². The molecular formula is C21H30O8. The largest absolute Gasteiger partial charge is 0.461 e. The molecule has 0 aromatic rings. The smallest absolute Gasteiger partial charge is 0.334 e. The summed E-state index contributed by atoms with van der Waals surface area (Å²) in [6, 6.07) is 0. The topological polar surface area (TPSA) is 108 Å². The van der Waals surface area contributed by atoms with Gasteiger partial charge in [-0.2, -0.15) is 0 Å². The van der Waals surface area contributed by atoms with E-state index < -0.39 is 59.4 Å². The molecule has 0 saturated carbocycles. The third kappa shape index (κ3) is 3.92. The first-order valence-electron chi connectivity index (χ1n) is 10.1. The Bertz CT molecular complexity index is 730. The molecule has 3 heterocycles. The second-order valence-electron chi connectivity index (χ2n) is 9.03. The molecule has 3 saturated heterocycles. The van der Waals surface area contributed by atoms with Gasteiger partial charge in [-0.15, -0.1) is 0 Å². The molecule has 0 unspecified atom stereocenters. The molecule has 7 atom stereocenters. The van der Waals surface area contributed by atoms with E-state index in [-0.39, 0.29) is 24.3 Å². The Labute approximate surface area is 170 Å². The lowest BCUT2D eigenvalue weighted by Crippen LogP contribution is -2.46. The van der Waals surface area contributed by atoms with Gasteiger partial charge in [-0.05, 0) is 13.3 Å². The predicted molar refractivity (Wildman–Crippen MR) is 100 cm³/mol. The molecule has 0 aliphatic carbocycles. The Kier molecular flexibility index (Phi) is 5.55. The third-order valence-corrected chi connectivity index (χ3v) is 6.30. The number of ether oxygens (including phenoxy) is 4. The lowest BCUT2D eigenvalue weighted by Gasteiger charge is -2.35. The Morgan fingerprint density at radius 2 is 1.93 bits per heavy atom. The van der Waals surface area contributed by atoms with Crippen LogP contribution in [-0.4, -0.2) is 52.7 Å². The van der Waals surface area contributed by atoms with E-state index in [0.29, 0.717) is 6.42 Å². The zero-order valence-electron chi connectivity index (χ0n) is 17.6. The van der Waals surface area contributed by atoms with Gasteiger partial charge in [0.15, 0.2) is 5.79 Å². The summed E-state index contributed by atoms with van der Waals surface area (Å²) in [4.78, 5) is 36.3. The molecule has 8 heteroatoms. The minimum absolute atomic E-state index is 0.0847. The van der Waals surface area contributed by atoms with E-state index in [0.717, 1.165) is 0 Å². The summed E-state index contributed by atoms with van der Waals surface area (Å²) in [7, 11) is 0. The van der Waals surface area contributed by atoms with E-state index in [1.807, 2.05) is 0 Å². The molecule has 0 aromatic carbocycles. The van der Waals surface area contributed by atoms with E-state index >= 15 is 0 Å². The molecule has 3 aliphatic heterocycles. The van der Waals surface area contributed by atoms with Crippen molar-refractivity contribution in [3.8, 4) is 0 Å². The molecule has 29 heavy (non-hydrogen) atoms. The third-order valence-electron chi connectivity index (χ3n) is 6.30. The summed E-state index contributed by atoms with van der Waals surface area (Å²) in [5, 5.41) is 11.2. The fourth-order valence-corrected chi connectivity index (χ4v) is 4.60. The lowest BCUT2D eigenvalue weighted by atomic mass is 9.77. The van der Waals surface area contributed by atoms with Gasteiger partial charge in [-0.1, -0.05) is 27.4 Å². The van der Waals surface area contributed by atoms with Crippen molar-refractivity contribution in [1.29, 1.82) is 0 Å². The maximum atomic E-state index is 12.4. The summed E-state index contributed by atoms with van der Waals surface area (Å²) in [5.41, 5.74) is -0.876. The van der Waals surface area contributed by atoms with Crippen molar-refractivity contribution in [3.05, 3.63) is 12.2 Å². The van der Waals surface area contributed by atoms with Crippen LogP contribution in [0.3, 0.4) is 0 Å². The van der Waals surface area contributed by atoms with Gasteiger partial charge in [0.1, 0.15) is 23.9 Å². The molecule has 8 nitrogen and oxygen atoms in total. The number of rotatable bonds is 3. The van der Waals surface area contributed by atoms with Gasteiger partial charge in [0.2, 0.25) is 0 Å². The van der Waals surface area contributed by atoms with E-state index in [1.54, 1.807) is 27.7 Å². The van der Waals surface area contributed by atoms with Crippen molar-refractivity contribution >= 4 is 17.9 Å². The van der Waals surface area contributed by atoms with Gasteiger partial charge in [0.25, 0.3) is 0 Å². The average Bonchev–Trinajstić information content (AvgIpc) is 3.00. The van der Waals surface area contributed by atoms with Gasteiger partial charge < -0.3 is 24.1 Å². The number of hydrogen-bond acceptors (Lipinski definition) is 8. The Morgan fingerprint density at radius 3 is 2.52 bits per heavy atom. The maximum Gasteiger partial charge on any atom is 0.334 e. The van der Waals surface area contributed by atoms with Crippen molar-refractivity contribution < 1.29 is 38.4 Å². The van der Waals surface area contributed by atoms with Crippen LogP contribution in [0.2, 0.25) is 0 Å². The molecule has 3 aliphatic rings. The van der Waals surface area contributed by atoms with Gasteiger partial charge in [-0.25, -0.2) is 4.79 Å². The van der Waals surface area contributed by atoms with E-state index in [9.17, 15) is 19.5 Å². The van der Waals surface area contributed by atoms with Crippen molar-refractivity contribution in [3.63, 3.8) is 0 Å². The SMILES string of the molecule is C=C1C(=O)O[C@@H]2C[C@H](C)[C@]3(O)C[C@@H](OC(C)=O)[C@@](C)(C[C@@H](OC(=O)C(C)C)[C@H]12)O3. The van der Waals surface area contributed by atoms with Crippen LogP contribution >= 0.6 is 0 Å². The highest BCUT2D eigenvalue weighted by Gasteiger charge is 2.61. The molecular weight excluding hydrogens is 380 g/mol. The first-order chi connectivity index (χ1) is 13.4. The molecule has 3 fully saturated rings. The number of carbonyl (C=O) groups excluding carboxylic acids is 3. The molecule has 1 N–H and O–H groups in total. The first kappa shape index (κ1) is 21.8. The highest BCUT2D eigenvalue weighted by molar-refractivity contribution is 5.91. The molecule has 0 amide bonds. The Morgan fingerprint density at radius 1 is 1.28 bits per heavy atom. The number of aliphatic hydroxyl groups is 1. The molecule has 3 rings (SSSR count). The Hall–Kier alpha value is -1.93. The zero-order chi connectivity index (χ0) is 21.7. The molecule has 162 valence electrons. The van der Waals surface area contributed by atoms with Crippen LogP contribution in [0.15, 0.2) is 12.2 Å². The van der Waals surface area contributed by atoms with Crippen molar-refractivity contribution in [2.75, 3.05) is 0 Å². The quantitative estimate of drug-likeness (QED) is 0.427. The highest BCUT2D eigenvalue weighted by Crippen LogP contribution is 2.50. The summed E-state index contributed by atoms with van der Waals surface area (Å²) in [5.74, 6) is -4.36. The van der Waals surface area contributed by atoms with Crippen molar-refractivity contribution in [2.24, 2.45) is 17.8 Å². The molecule has 0 radical (unpaired) electrons. The highest BCUT2D eigenvalue weighted by atomic mass is 16.7. The predicted octanol–water partition coefficient (Wildman–Crippen LogP) is 1.88. The zero-order valence-corrected chi connectivity index (χ0v) is 17.6. The molecule has 0 aromatic heterocycles. The lowest BCUT2D eigenvalue weighted by molar-refractivity contribution is -0.253. The monoisotopic (exact) mass is 410 g/mol. The molecule has 0 spiro atoms. The number of carbonyl (C=O) groups is 3. The fourth-order valence-electron chi connectivity index (χ4n) is 4.60. The minimum Gasteiger partial charge on any atom is -0.461 e. The van der Waals surface area contributed by atoms with Crippen LogP contribution < -0.4 is 0 Å². The summed E-state index contributed by atoms with van der Waals surface area (Å²) in [6.07, 6.45) is -1.58. The van der Waals surface area contributed by atoms with Crippen LogP contribution in [0.1, 0.15) is 53.9 Å². The van der Waals surface area contributed by atoms with Crippen molar-refractivity contribution in [1.82, 2.24) is 0 Å². The van der Waals surface area contributed by atoms with Crippen LogP contribution in [0.5, 0.6) is 0 Å². The maximum absolute atomic E-state index is 12.4. The van der Waals surface area contributed by atoms with Crippen molar-refractivity contribution in [2.45, 2.75) is 83.6 Å². The summed E-state index contributed by atoms with van der Waals surface area (Å²) < 4.78 is 22.9. The van der Waals surface area contributed by atoms with Gasteiger partial charge >= 0.3 is 17.9 Å². The van der Waals surface area contributed by atoms with Crippen LogP contribution in [0, 0.1) is 17.8 Å². The number of hydrogen-bond donors (Lipinski definition) is 1. The van der Waals surface area contributed by atoms with Gasteiger partial charge in [-0.3, -0.25) is 9.59 Å².